The molecular formula is C71H75N3O5S4. The Morgan fingerprint density at radius 1 is 0.699 bits per heavy atom. The summed E-state index contributed by atoms with van der Waals surface area (Å²) in [6, 6.07) is 47.3. The van der Waals surface area contributed by atoms with Gasteiger partial charge in [-0.3, -0.25) is 14.2 Å². The molecule has 0 saturated heterocycles. The Hall–Kier alpha value is -6.88. The van der Waals surface area contributed by atoms with E-state index in [1.807, 2.05) is 22.7 Å². The number of fused-ring (bicyclic) bond motifs is 3. The van der Waals surface area contributed by atoms with Gasteiger partial charge in [0.15, 0.2) is 5.57 Å². The minimum atomic E-state index is -1.50. The van der Waals surface area contributed by atoms with Crippen molar-refractivity contribution in [2.45, 2.75) is 161 Å². The van der Waals surface area contributed by atoms with Crippen LogP contribution in [0.25, 0.3) is 53.2 Å². The van der Waals surface area contributed by atoms with Gasteiger partial charge in [0.1, 0.15) is 17.3 Å². The van der Waals surface area contributed by atoms with Gasteiger partial charge in [0.25, 0.3) is 5.56 Å². The number of carbonyl (C=O) groups is 2. The summed E-state index contributed by atoms with van der Waals surface area (Å²) < 4.78 is 0.955. The fourth-order valence-corrected chi connectivity index (χ4v) is 17.4. The topological polar surface area (TPSA) is 124 Å². The lowest BCUT2D eigenvalue weighted by atomic mass is 9.94. The van der Waals surface area contributed by atoms with Crippen molar-refractivity contribution >= 4 is 92.0 Å². The van der Waals surface area contributed by atoms with Crippen LogP contribution in [0.3, 0.4) is 0 Å². The molecule has 2 N–H and O–H groups in total. The Bertz CT molecular complexity index is 3790. The maximum Gasteiger partial charge on any atom is 0.349 e. The number of anilines is 2. The predicted octanol–water partition coefficient (Wildman–Crippen LogP) is 18.1. The minimum absolute atomic E-state index is 0.163. The summed E-state index contributed by atoms with van der Waals surface area (Å²) in [4.78, 5) is 48.0. The van der Waals surface area contributed by atoms with Crippen molar-refractivity contribution in [1.82, 2.24) is 4.57 Å². The number of nitriles is 1. The number of aliphatic carboxylic acids is 2. The summed E-state index contributed by atoms with van der Waals surface area (Å²) in [5.41, 5.74) is 12.7. The molecule has 12 heteroatoms. The summed E-state index contributed by atoms with van der Waals surface area (Å²) in [5.74, 6) is -2.01. The molecule has 1 saturated carbocycles. The molecule has 3 atom stereocenters. The van der Waals surface area contributed by atoms with Crippen LogP contribution in [0.1, 0.15) is 180 Å². The predicted molar refractivity (Wildman–Crippen MR) is 349 cm³/mol. The van der Waals surface area contributed by atoms with Crippen LogP contribution in [-0.2, 0) is 29.0 Å². The standard InChI is InChI=1S/C71H75N3O5S4/c1-5-8-11-16-28-50-40-63(80-62(50)43-65-69(77)73(45-66(75)76)70(83-65)58(44-72)71(78)79)68-55(46(4)23-15-10-7-3)42-64(82-68)67-52(29-17-12-9-6-2)41-61(81-67)51-34-37-60-57(39-51)54-30-22-31-59(54)74(60)53-35-32-47(33-36-53)38-56(48-24-18-13-19-25-48)49-26-20-14-21-27-49/h13-14,18-21,24-27,32-43,46,54,59H,5-12,15-17,22-23,28-31,45H2,1-4H3,(H,75,76)(H,78,79)/b65-43+,70-58+. The average Bonchev–Trinajstić information content (AvgIpc) is 3.16. The number of carboxylic acid groups (broad SMARTS) is 2. The minimum Gasteiger partial charge on any atom is -0.480 e. The van der Waals surface area contributed by atoms with Crippen LogP contribution in [-0.4, -0.2) is 32.8 Å². The second-order valence-electron chi connectivity index (χ2n) is 22.5. The van der Waals surface area contributed by atoms with E-state index in [4.69, 9.17) is 0 Å². The summed E-state index contributed by atoms with van der Waals surface area (Å²) in [6.45, 7) is 8.35. The summed E-state index contributed by atoms with van der Waals surface area (Å²) in [7, 11) is 0. The highest BCUT2D eigenvalue weighted by molar-refractivity contribution is 7.27. The molecule has 4 aromatic carbocycles. The number of thiophene rings is 3. The van der Waals surface area contributed by atoms with E-state index in [1.54, 1.807) is 23.5 Å². The van der Waals surface area contributed by atoms with Crippen LogP contribution in [0.2, 0.25) is 0 Å². The fourth-order valence-electron chi connectivity index (χ4n) is 12.4. The number of benzene rings is 4. The quantitative estimate of drug-likeness (QED) is 0.0409. The summed E-state index contributed by atoms with van der Waals surface area (Å²) in [5, 5.41) is 29.5. The van der Waals surface area contributed by atoms with Gasteiger partial charge in [-0.25, -0.2) is 4.79 Å². The Balaban J connectivity index is 1.03. The first-order chi connectivity index (χ1) is 40.5. The molecule has 1 fully saturated rings. The molecule has 5 heterocycles. The van der Waals surface area contributed by atoms with E-state index in [0.29, 0.717) is 17.9 Å². The molecule has 8 nitrogen and oxygen atoms in total. The van der Waals surface area contributed by atoms with Crippen LogP contribution >= 0.6 is 45.3 Å². The lowest BCUT2D eigenvalue weighted by Crippen LogP contribution is -2.35. The fraction of sp³-hybridized carbons (Fsp3) is 0.352. The molecule has 0 radical (unpaired) electrons. The SMILES string of the molecule is CCCCCCc1cc(-c2sc(-c3sc(-c4ccc5c(c4)C4CCCC4N5c4ccc(C=C(c5ccccc5)c5ccccc5)cc4)cc3CCCCCC)cc2C(C)CCCCC)sc1/C=c1/s/c(=C(\C#N)C(=O)O)n(CC(=O)O)c1=O. The molecule has 3 unspecified atom stereocenters. The zero-order valence-corrected chi connectivity index (χ0v) is 51.5. The third-order valence-electron chi connectivity index (χ3n) is 16.7. The first kappa shape index (κ1) is 59.3. The molecule has 8 aromatic rings. The molecule has 428 valence electrons. The van der Waals surface area contributed by atoms with Gasteiger partial charge < -0.3 is 15.1 Å². The van der Waals surface area contributed by atoms with E-state index in [1.165, 1.54) is 120 Å². The zero-order valence-electron chi connectivity index (χ0n) is 48.3. The second-order valence-corrected chi connectivity index (χ2v) is 26.7. The summed E-state index contributed by atoms with van der Waals surface area (Å²) >= 11 is 6.34. The van der Waals surface area contributed by atoms with E-state index in [9.17, 15) is 29.9 Å². The molecule has 1 aliphatic carbocycles. The van der Waals surface area contributed by atoms with Crippen molar-refractivity contribution in [3.8, 4) is 36.0 Å². The van der Waals surface area contributed by atoms with Gasteiger partial charge in [0.2, 0.25) is 0 Å². The van der Waals surface area contributed by atoms with E-state index in [2.05, 4.69) is 160 Å². The summed E-state index contributed by atoms with van der Waals surface area (Å²) in [6.07, 6.45) is 23.1. The van der Waals surface area contributed by atoms with Gasteiger partial charge in [0, 0.05) is 52.6 Å². The van der Waals surface area contributed by atoms with Crippen molar-refractivity contribution in [2.24, 2.45) is 0 Å². The number of unbranched alkanes of at least 4 members (excludes halogenated alkanes) is 8. The van der Waals surface area contributed by atoms with Crippen LogP contribution in [0.15, 0.2) is 126 Å². The molecule has 2 aliphatic rings. The van der Waals surface area contributed by atoms with E-state index in [0.717, 1.165) is 95.4 Å². The third-order valence-corrected chi connectivity index (χ3v) is 21.7. The highest BCUT2D eigenvalue weighted by atomic mass is 32.1. The Morgan fingerprint density at radius 3 is 1.99 bits per heavy atom. The van der Waals surface area contributed by atoms with Crippen LogP contribution in [0.5, 0.6) is 0 Å². The lowest BCUT2D eigenvalue weighted by molar-refractivity contribution is -0.138. The van der Waals surface area contributed by atoms with Crippen molar-refractivity contribution in [3.63, 3.8) is 0 Å². The average molecular weight is 1180 g/mol. The maximum atomic E-state index is 14.0. The molecule has 83 heavy (non-hydrogen) atoms. The number of carboxylic acids is 2. The van der Waals surface area contributed by atoms with Gasteiger partial charge in [0.05, 0.1) is 4.53 Å². The molecule has 0 amide bonds. The molecule has 4 aromatic heterocycles. The van der Waals surface area contributed by atoms with Crippen molar-refractivity contribution in [1.29, 1.82) is 5.26 Å². The number of thiazole rings is 1. The van der Waals surface area contributed by atoms with Gasteiger partial charge >= 0.3 is 11.9 Å². The monoisotopic (exact) mass is 1180 g/mol. The number of aryl methyl sites for hydroxylation is 2. The van der Waals surface area contributed by atoms with Crippen molar-refractivity contribution in [2.75, 3.05) is 4.90 Å². The Labute approximate surface area is 505 Å². The van der Waals surface area contributed by atoms with Crippen molar-refractivity contribution in [3.05, 3.63) is 185 Å². The Kier molecular flexibility index (Phi) is 19.8. The van der Waals surface area contributed by atoms with E-state index in [-0.39, 0.29) is 9.20 Å². The molecular weight excluding hydrogens is 1100 g/mol. The maximum absolute atomic E-state index is 14.0. The normalized spacial score (nSPS) is 15.5. The molecule has 1 aliphatic heterocycles. The zero-order chi connectivity index (χ0) is 58.0. The number of rotatable bonds is 26. The van der Waals surface area contributed by atoms with Crippen LogP contribution in [0.4, 0.5) is 11.4 Å². The van der Waals surface area contributed by atoms with Crippen LogP contribution < -0.4 is 19.7 Å². The number of hydrogen-bond donors (Lipinski definition) is 2. The number of hydrogen-bond acceptors (Lipinski definition) is 9. The largest absolute Gasteiger partial charge is 0.480 e. The molecule has 0 spiro atoms. The number of aromatic nitrogens is 1. The first-order valence-corrected chi connectivity index (χ1v) is 33.3. The van der Waals surface area contributed by atoms with E-state index < -0.39 is 29.6 Å². The van der Waals surface area contributed by atoms with Gasteiger partial charge in [-0.2, -0.15) is 5.26 Å². The Morgan fingerprint density at radius 2 is 1.34 bits per heavy atom. The highest BCUT2D eigenvalue weighted by Gasteiger charge is 2.42. The van der Waals surface area contributed by atoms with Crippen molar-refractivity contribution < 1.29 is 19.8 Å². The van der Waals surface area contributed by atoms with Gasteiger partial charge in [-0.1, -0.05) is 171 Å². The smallest absolute Gasteiger partial charge is 0.349 e. The third kappa shape index (κ3) is 13.4. The molecule has 0 bridgehead atoms. The second kappa shape index (κ2) is 27.7. The lowest BCUT2D eigenvalue weighted by Gasteiger charge is -2.27. The first-order valence-electron chi connectivity index (χ1n) is 30.0. The number of nitrogens with zero attached hydrogens (tertiary/aromatic N) is 3. The molecule has 10 rings (SSSR count). The van der Waals surface area contributed by atoms with E-state index >= 15 is 0 Å². The van der Waals surface area contributed by atoms with Gasteiger partial charge in [-0.15, -0.1) is 45.3 Å². The van der Waals surface area contributed by atoms with Gasteiger partial charge in [-0.05, 0) is 156 Å². The van der Waals surface area contributed by atoms with Crippen LogP contribution in [0, 0.1) is 11.3 Å². The highest BCUT2D eigenvalue weighted by Crippen LogP contribution is 2.55.